The van der Waals surface area contributed by atoms with Crippen LogP contribution in [0.2, 0.25) is 5.02 Å². The van der Waals surface area contributed by atoms with Crippen molar-refractivity contribution >= 4 is 62.9 Å². The molecule has 3 rings (SSSR count). The normalized spacial score (nSPS) is 11.0. The van der Waals surface area contributed by atoms with Crippen LogP contribution in [0.5, 0.6) is 0 Å². The molecule has 0 unspecified atom stereocenters. The van der Waals surface area contributed by atoms with Gasteiger partial charge in [0.15, 0.2) is 11.0 Å². The Labute approximate surface area is 201 Å². The van der Waals surface area contributed by atoms with Gasteiger partial charge in [-0.3, -0.25) is 9.59 Å². The summed E-state index contributed by atoms with van der Waals surface area (Å²) in [4.78, 5) is 24.2. The van der Waals surface area contributed by atoms with Crippen molar-refractivity contribution in [2.45, 2.75) is 11.7 Å². The molecular weight excluding hydrogens is 521 g/mol. The summed E-state index contributed by atoms with van der Waals surface area (Å²) in [6.07, 6.45) is 3.02. The number of thioether (sulfide) groups is 1. The van der Waals surface area contributed by atoms with Crippen LogP contribution < -0.4 is 10.6 Å². The Hall–Kier alpha value is -2.69. The number of nitrogens with zero attached hydrogens (tertiary/aromatic N) is 3. The zero-order chi connectivity index (χ0) is 23.1. The lowest BCUT2D eigenvalue weighted by Crippen LogP contribution is -2.22. The summed E-state index contributed by atoms with van der Waals surface area (Å²) >= 11 is 10.4. The molecule has 2 aromatic carbocycles. The molecule has 0 spiro atoms. The molecule has 0 bridgehead atoms. The highest BCUT2D eigenvalue weighted by molar-refractivity contribution is 9.10. The fourth-order valence-corrected chi connectivity index (χ4v) is 3.79. The number of carbonyl (C=O) groups is 2. The van der Waals surface area contributed by atoms with Crippen LogP contribution in [0.15, 0.2) is 58.2 Å². The van der Waals surface area contributed by atoms with Gasteiger partial charge in [-0.25, -0.2) is 4.39 Å². The molecule has 0 aliphatic heterocycles. The molecule has 1 heterocycles. The zero-order valence-corrected chi connectivity index (χ0v) is 20.0. The molecule has 0 aliphatic carbocycles. The summed E-state index contributed by atoms with van der Waals surface area (Å²) in [7, 11) is 1.73. The maximum atomic E-state index is 13.8. The average molecular weight is 539 g/mol. The van der Waals surface area contributed by atoms with Crippen LogP contribution in [0, 0.1) is 5.82 Å². The third kappa shape index (κ3) is 6.65. The highest BCUT2D eigenvalue weighted by Crippen LogP contribution is 2.21. The number of anilines is 1. The van der Waals surface area contributed by atoms with Gasteiger partial charge in [0.2, 0.25) is 11.8 Å². The Morgan fingerprint density at radius 1 is 1.25 bits per heavy atom. The van der Waals surface area contributed by atoms with Crippen LogP contribution in [-0.4, -0.2) is 32.3 Å². The lowest BCUT2D eigenvalue weighted by molar-refractivity contribution is -0.116. The predicted octanol–water partition coefficient (Wildman–Crippen LogP) is 4.43. The van der Waals surface area contributed by atoms with E-state index < -0.39 is 5.82 Å². The van der Waals surface area contributed by atoms with E-state index in [0.717, 1.165) is 17.3 Å². The number of carbonyl (C=O) groups excluding carboxylic acids is 2. The van der Waals surface area contributed by atoms with Gasteiger partial charge in [0.1, 0.15) is 5.82 Å². The van der Waals surface area contributed by atoms with E-state index in [1.54, 1.807) is 35.9 Å². The Bertz CT molecular complexity index is 1170. The molecule has 0 radical (unpaired) electrons. The number of hydrogen-bond acceptors (Lipinski definition) is 5. The molecule has 166 valence electrons. The zero-order valence-electron chi connectivity index (χ0n) is 16.8. The van der Waals surface area contributed by atoms with E-state index >= 15 is 0 Å². The molecule has 2 amide bonds. The first-order chi connectivity index (χ1) is 15.3. The second-order valence-electron chi connectivity index (χ2n) is 6.49. The summed E-state index contributed by atoms with van der Waals surface area (Å²) < 4.78 is 16.1. The maximum absolute atomic E-state index is 13.8. The lowest BCUT2D eigenvalue weighted by Gasteiger charge is -2.07. The predicted molar refractivity (Wildman–Crippen MR) is 127 cm³/mol. The van der Waals surface area contributed by atoms with Gasteiger partial charge in [-0.1, -0.05) is 57.5 Å². The van der Waals surface area contributed by atoms with Crippen LogP contribution in [-0.2, 0) is 23.2 Å². The molecule has 3 aromatic rings. The Balaban J connectivity index is 1.50. The number of hydrogen-bond donors (Lipinski definition) is 2. The first-order valence-corrected chi connectivity index (χ1v) is 11.5. The third-order valence-corrected chi connectivity index (χ3v) is 6.06. The lowest BCUT2D eigenvalue weighted by atomic mass is 10.2. The van der Waals surface area contributed by atoms with E-state index in [1.807, 2.05) is 12.1 Å². The third-order valence-electron chi connectivity index (χ3n) is 4.20. The van der Waals surface area contributed by atoms with E-state index in [2.05, 4.69) is 36.8 Å². The van der Waals surface area contributed by atoms with Crippen molar-refractivity contribution in [3.8, 4) is 0 Å². The van der Waals surface area contributed by atoms with Crippen LogP contribution in [0.3, 0.4) is 0 Å². The molecule has 0 atom stereocenters. The minimum Gasteiger partial charge on any atom is -0.345 e. The van der Waals surface area contributed by atoms with Gasteiger partial charge >= 0.3 is 0 Å². The van der Waals surface area contributed by atoms with Gasteiger partial charge in [0, 0.05) is 22.6 Å². The summed E-state index contributed by atoms with van der Waals surface area (Å²) in [5, 5.41) is 14.4. The van der Waals surface area contributed by atoms with Crippen molar-refractivity contribution in [3.63, 3.8) is 0 Å². The molecule has 7 nitrogen and oxygen atoms in total. The Morgan fingerprint density at radius 3 is 2.78 bits per heavy atom. The minimum absolute atomic E-state index is 0.0222. The van der Waals surface area contributed by atoms with E-state index in [-0.39, 0.29) is 29.8 Å². The number of aromatic nitrogens is 3. The van der Waals surface area contributed by atoms with Gasteiger partial charge < -0.3 is 15.2 Å². The van der Waals surface area contributed by atoms with Crippen molar-refractivity contribution in [2.24, 2.45) is 7.05 Å². The van der Waals surface area contributed by atoms with Gasteiger partial charge in [-0.05, 0) is 35.9 Å². The SMILES string of the molecule is Cn1c(CNC(=O)/C=C/c2ccccc2Cl)nnc1SCC(=O)Nc1ccc(Br)cc1F. The van der Waals surface area contributed by atoms with Gasteiger partial charge in [-0.15, -0.1) is 10.2 Å². The molecular formula is C21H18BrClFN5O2S. The topological polar surface area (TPSA) is 88.9 Å². The fourth-order valence-electron chi connectivity index (χ4n) is 2.53. The summed E-state index contributed by atoms with van der Waals surface area (Å²) in [6.45, 7) is 0.159. The first-order valence-electron chi connectivity index (χ1n) is 9.30. The summed E-state index contributed by atoms with van der Waals surface area (Å²) in [5.74, 6) is -0.671. The quantitative estimate of drug-likeness (QED) is 0.327. The highest BCUT2D eigenvalue weighted by atomic mass is 79.9. The van der Waals surface area contributed by atoms with E-state index in [9.17, 15) is 14.0 Å². The molecule has 32 heavy (non-hydrogen) atoms. The van der Waals surface area contributed by atoms with Crippen molar-refractivity contribution in [1.82, 2.24) is 20.1 Å². The summed E-state index contributed by atoms with van der Waals surface area (Å²) in [6, 6.07) is 11.6. The molecule has 11 heteroatoms. The number of halogens is 3. The van der Waals surface area contributed by atoms with Gasteiger partial charge in [0.05, 0.1) is 18.0 Å². The molecule has 0 fully saturated rings. The van der Waals surface area contributed by atoms with Gasteiger partial charge in [0.25, 0.3) is 0 Å². The molecule has 0 aliphatic rings. The molecule has 2 N–H and O–H groups in total. The smallest absolute Gasteiger partial charge is 0.244 e. The molecule has 1 aromatic heterocycles. The monoisotopic (exact) mass is 537 g/mol. The van der Waals surface area contributed by atoms with E-state index in [0.29, 0.717) is 20.5 Å². The van der Waals surface area contributed by atoms with Crippen LogP contribution in [0.4, 0.5) is 10.1 Å². The van der Waals surface area contributed by atoms with E-state index in [1.165, 1.54) is 18.2 Å². The first kappa shape index (κ1) is 24.0. The van der Waals surface area contributed by atoms with Crippen molar-refractivity contribution in [1.29, 1.82) is 0 Å². The second kappa shape index (κ2) is 11.3. The largest absolute Gasteiger partial charge is 0.345 e. The van der Waals surface area contributed by atoms with Gasteiger partial charge in [-0.2, -0.15) is 0 Å². The van der Waals surface area contributed by atoms with Crippen molar-refractivity contribution in [3.05, 3.63) is 75.2 Å². The van der Waals surface area contributed by atoms with E-state index in [4.69, 9.17) is 11.6 Å². The number of benzene rings is 2. The summed E-state index contributed by atoms with van der Waals surface area (Å²) in [5.41, 5.74) is 0.841. The Kier molecular flexibility index (Phi) is 8.43. The fraction of sp³-hybridized carbons (Fsp3) is 0.143. The number of rotatable bonds is 8. The minimum atomic E-state index is -0.530. The van der Waals surface area contributed by atoms with Crippen LogP contribution >= 0.6 is 39.3 Å². The number of nitrogens with one attached hydrogen (secondary N) is 2. The molecule has 0 saturated carbocycles. The standard InChI is InChI=1S/C21H18BrClFN5O2S/c1-29-18(11-25-19(30)9-6-13-4-2-3-5-15(13)23)27-28-21(29)32-12-20(31)26-17-8-7-14(22)10-16(17)24/h2-10H,11-12H2,1H3,(H,25,30)(H,26,31)/b9-6+. The second-order valence-corrected chi connectivity index (χ2v) is 8.76. The highest BCUT2D eigenvalue weighted by Gasteiger charge is 2.13. The Morgan fingerprint density at radius 2 is 2.03 bits per heavy atom. The van der Waals surface area contributed by atoms with Crippen LogP contribution in [0.25, 0.3) is 6.08 Å². The van der Waals surface area contributed by atoms with Crippen molar-refractivity contribution < 1.29 is 14.0 Å². The average Bonchev–Trinajstić information content (AvgIpc) is 3.11. The maximum Gasteiger partial charge on any atom is 0.244 e. The van der Waals surface area contributed by atoms with Crippen molar-refractivity contribution in [2.75, 3.05) is 11.1 Å². The number of amides is 2. The van der Waals surface area contributed by atoms with Crippen LogP contribution in [0.1, 0.15) is 11.4 Å². The molecule has 0 saturated heterocycles.